The van der Waals surface area contributed by atoms with Gasteiger partial charge in [-0.15, -0.1) is 12.4 Å². The van der Waals surface area contributed by atoms with Gasteiger partial charge in [-0.1, -0.05) is 0 Å². The summed E-state index contributed by atoms with van der Waals surface area (Å²) in [6.45, 7) is 3.03. The Labute approximate surface area is 113 Å². The minimum atomic E-state index is -0.438. The molecule has 0 saturated carbocycles. The second kappa shape index (κ2) is 6.56. The van der Waals surface area contributed by atoms with Gasteiger partial charge in [-0.25, -0.2) is 0 Å². The van der Waals surface area contributed by atoms with Crippen molar-refractivity contribution >= 4 is 18.3 Å². The molecule has 100 valence electrons. The second-order valence-corrected chi connectivity index (χ2v) is 4.29. The maximum Gasteiger partial charge on any atom is 0.239 e. The van der Waals surface area contributed by atoms with Crippen molar-refractivity contribution in [2.24, 2.45) is 5.73 Å². The van der Waals surface area contributed by atoms with Crippen LogP contribution in [0.5, 0.6) is 5.75 Å². The highest BCUT2D eigenvalue weighted by Gasteiger charge is 2.28. The molecule has 0 spiro atoms. The minimum absolute atomic E-state index is 0. The van der Waals surface area contributed by atoms with Crippen LogP contribution in [-0.2, 0) is 4.79 Å². The van der Waals surface area contributed by atoms with Crippen molar-refractivity contribution < 1.29 is 9.53 Å². The van der Waals surface area contributed by atoms with Gasteiger partial charge in [0.2, 0.25) is 5.91 Å². The van der Waals surface area contributed by atoms with Crippen LogP contribution in [0.2, 0.25) is 0 Å². The summed E-state index contributed by atoms with van der Waals surface area (Å²) in [4.78, 5) is 17.4. The minimum Gasteiger partial charge on any atom is -0.487 e. The summed E-state index contributed by atoms with van der Waals surface area (Å²) in [7, 11) is 0. The maximum atomic E-state index is 11.7. The average molecular weight is 272 g/mol. The lowest BCUT2D eigenvalue weighted by Gasteiger charge is -2.18. The highest BCUT2D eigenvalue weighted by molar-refractivity contribution is 5.85. The normalized spacial score (nSPS) is 20.1. The smallest absolute Gasteiger partial charge is 0.239 e. The largest absolute Gasteiger partial charge is 0.487 e. The molecular weight excluding hydrogens is 254 g/mol. The summed E-state index contributed by atoms with van der Waals surface area (Å²) in [6, 6.07) is 3.25. The van der Waals surface area contributed by atoms with Crippen molar-refractivity contribution in [2.45, 2.75) is 25.5 Å². The first-order chi connectivity index (χ1) is 8.16. The SMILES string of the molecule is CC(N)C(=O)N1CCC(Oc2cccnc2)C1.Cl. The van der Waals surface area contributed by atoms with Crippen molar-refractivity contribution in [1.82, 2.24) is 9.88 Å². The molecule has 1 aliphatic rings. The van der Waals surface area contributed by atoms with E-state index in [2.05, 4.69) is 4.98 Å². The number of hydrogen-bond acceptors (Lipinski definition) is 4. The number of nitrogens with zero attached hydrogens (tertiary/aromatic N) is 2. The Bertz CT molecular complexity index is 386. The lowest BCUT2D eigenvalue weighted by Crippen LogP contribution is -2.41. The number of rotatable bonds is 3. The summed E-state index contributed by atoms with van der Waals surface area (Å²) in [5.41, 5.74) is 5.57. The zero-order chi connectivity index (χ0) is 12.3. The van der Waals surface area contributed by atoms with Gasteiger partial charge in [0.1, 0.15) is 11.9 Å². The molecule has 2 N–H and O–H groups in total. The van der Waals surface area contributed by atoms with Crippen molar-refractivity contribution in [3.05, 3.63) is 24.5 Å². The maximum absolute atomic E-state index is 11.7. The van der Waals surface area contributed by atoms with Crippen LogP contribution in [0.4, 0.5) is 0 Å². The Morgan fingerprint density at radius 1 is 1.67 bits per heavy atom. The fourth-order valence-corrected chi connectivity index (χ4v) is 1.92. The summed E-state index contributed by atoms with van der Waals surface area (Å²) in [5, 5.41) is 0. The lowest BCUT2D eigenvalue weighted by atomic mass is 10.3. The summed E-state index contributed by atoms with van der Waals surface area (Å²) < 4.78 is 5.74. The Hall–Kier alpha value is -1.33. The van der Waals surface area contributed by atoms with Crippen LogP contribution in [0, 0.1) is 0 Å². The molecule has 2 rings (SSSR count). The summed E-state index contributed by atoms with van der Waals surface area (Å²) in [6.07, 6.45) is 4.26. The van der Waals surface area contributed by atoms with E-state index in [9.17, 15) is 4.79 Å². The van der Waals surface area contributed by atoms with E-state index in [4.69, 9.17) is 10.5 Å². The van der Waals surface area contributed by atoms with E-state index in [0.717, 1.165) is 12.2 Å². The predicted molar refractivity (Wildman–Crippen MR) is 70.7 cm³/mol. The number of hydrogen-bond donors (Lipinski definition) is 1. The molecule has 0 aliphatic carbocycles. The third kappa shape index (κ3) is 3.58. The Kier molecular flexibility index (Phi) is 5.37. The first-order valence-electron chi connectivity index (χ1n) is 5.78. The van der Waals surface area contributed by atoms with Gasteiger partial charge < -0.3 is 15.4 Å². The molecule has 6 heteroatoms. The number of carbonyl (C=O) groups is 1. The number of amides is 1. The molecule has 2 atom stereocenters. The topological polar surface area (TPSA) is 68.5 Å². The molecule has 0 aromatic carbocycles. The molecule has 18 heavy (non-hydrogen) atoms. The van der Waals surface area contributed by atoms with Crippen LogP contribution in [0.15, 0.2) is 24.5 Å². The number of pyridine rings is 1. The van der Waals surface area contributed by atoms with Gasteiger partial charge in [0.05, 0.1) is 18.8 Å². The number of likely N-dealkylation sites (tertiary alicyclic amines) is 1. The third-order valence-electron chi connectivity index (χ3n) is 2.78. The highest BCUT2D eigenvalue weighted by atomic mass is 35.5. The Morgan fingerprint density at radius 2 is 2.44 bits per heavy atom. The van der Waals surface area contributed by atoms with E-state index >= 15 is 0 Å². The molecule has 1 aromatic heterocycles. The lowest BCUT2D eigenvalue weighted by molar-refractivity contribution is -0.131. The first kappa shape index (κ1) is 14.7. The van der Waals surface area contributed by atoms with Gasteiger partial charge in [0, 0.05) is 19.2 Å². The first-order valence-corrected chi connectivity index (χ1v) is 5.78. The predicted octanol–water partition coefficient (Wildman–Crippen LogP) is 0.830. The van der Waals surface area contributed by atoms with Gasteiger partial charge in [0.15, 0.2) is 0 Å². The van der Waals surface area contributed by atoms with Gasteiger partial charge in [0.25, 0.3) is 0 Å². The van der Waals surface area contributed by atoms with Crippen LogP contribution in [0.1, 0.15) is 13.3 Å². The van der Waals surface area contributed by atoms with Crippen LogP contribution in [0.25, 0.3) is 0 Å². The molecule has 2 unspecified atom stereocenters. The van der Waals surface area contributed by atoms with Crippen LogP contribution in [-0.4, -0.2) is 41.0 Å². The van der Waals surface area contributed by atoms with Gasteiger partial charge in [-0.3, -0.25) is 9.78 Å². The van der Waals surface area contributed by atoms with Crippen LogP contribution < -0.4 is 10.5 Å². The molecule has 1 aromatic rings. The van der Waals surface area contributed by atoms with E-state index in [1.54, 1.807) is 24.2 Å². The number of nitrogens with two attached hydrogens (primary N) is 1. The molecule has 0 radical (unpaired) electrons. The molecule has 1 saturated heterocycles. The quantitative estimate of drug-likeness (QED) is 0.884. The van der Waals surface area contributed by atoms with Crippen molar-refractivity contribution in [3.63, 3.8) is 0 Å². The molecular formula is C12H18ClN3O2. The highest BCUT2D eigenvalue weighted by Crippen LogP contribution is 2.17. The number of halogens is 1. The van der Waals surface area contributed by atoms with Crippen LogP contribution in [0.3, 0.4) is 0 Å². The molecule has 2 heterocycles. The van der Waals surface area contributed by atoms with E-state index in [1.807, 2.05) is 12.1 Å². The number of ether oxygens (including phenoxy) is 1. The standard InChI is InChI=1S/C12H17N3O2.ClH/c1-9(13)12(16)15-6-4-11(8-15)17-10-3-2-5-14-7-10;/h2-3,5,7,9,11H,4,6,8,13H2,1H3;1H. The third-order valence-corrected chi connectivity index (χ3v) is 2.78. The monoisotopic (exact) mass is 271 g/mol. The fourth-order valence-electron chi connectivity index (χ4n) is 1.92. The zero-order valence-corrected chi connectivity index (χ0v) is 11.1. The van der Waals surface area contributed by atoms with E-state index < -0.39 is 6.04 Å². The van der Waals surface area contributed by atoms with Crippen molar-refractivity contribution in [3.8, 4) is 5.75 Å². The second-order valence-electron chi connectivity index (χ2n) is 4.29. The van der Waals surface area contributed by atoms with Gasteiger partial charge >= 0.3 is 0 Å². The zero-order valence-electron chi connectivity index (χ0n) is 10.3. The Morgan fingerprint density at radius 3 is 3.06 bits per heavy atom. The van der Waals surface area contributed by atoms with Crippen LogP contribution >= 0.6 is 12.4 Å². The molecule has 1 fully saturated rings. The van der Waals surface area contributed by atoms with Gasteiger partial charge in [-0.2, -0.15) is 0 Å². The molecule has 1 aliphatic heterocycles. The number of aromatic nitrogens is 1. The van der Waals surface area contributed by atoms with E-state index in [0.29, 0.717) is 13.1 Å². The molecule has 1 amide bonds. The van der Waals surface area contributed by atoms with Crippen molar-refractivity contribution in [1.29, 1.82) is 0 Å². The Balaban J connectivity index is 0.00000162. The summed E-state index contributed by atoms with van der Waals surface area (Å²) in [5.74, 6) is 0.731. The summed E-state index contributed by atoms with van der Waals surface area (Å²) >= 11 is 0. The average Bonchev–Trinajstić information content (AvgIpc) is 2.77. The van der Waals surface area contributed by atoms with Gasteiger partial charge in [-0.05, 0) is 19.1 Å². The molecule has 0 bridgehead atoms. The molecule has 5 nitrogen and oxygen atoms in total. The fraction of sp³-hybridized carbons (Fsp3) is 0.500. The number of carbonyl (C=O) groups excluding carboxylic acids is 1. The van der Waals surface area contributed by atoms with Crippen molar-refractivity contribution in [2.75, 3.05) is 13.1 Å². The van der Waals surface area contributed by atoms with E-state index in [1.165, 1.54) is 0 Å². The van der Waals surface area contributed by atoms with E-state index in [-0.39, 0.29) is 24.4 Å².